The van der Waals surface area contributed by atoms with E-state index in [0.29, 0.717) is 12.4 Å². The summed E-state index contributed by atoms with van der Waals surface area (Å²) in [5.74, 6) is 0.527. The predicted octanol–water partition coefficient (Wildman–Crippen LogP) is 1.04. The van der Waals surface area contributed by atoms with Gasteiger partial charge in [-0.3, -0.25) is 4.57 Å². The number of nitrogens with zero attached hydrogens (tertiary/aromatic N) is 3. The number of imidazole rings is 1. The van der Waals surface area contributed by atoms with E-state index in [1.807, 2.05) is 6.07 Å². The van der Waals surface area contributed by atoms with E-state index in [1.165, 1.54) is 10.9 Å². The number of methoxy groups -OCH3 is 1. The van der Waals surface area contributed by atoms with Crippen molar-refractivity contribution in [2.45, 2.75) is 6.54 Å². The number of aromatic nitrogens is 3. The molecule has 0 aromatic carbocycles. The van der Waals surface area contributed by atoms with Gasteiger partial charge in [0.25, 0.3) is 0 Å². The van der Waals surface area contributed by atoms with E-state index in [4.69, 9.17) is 4.74 Å². The predicted molar refractivity (Wildman–Crippen MR) is 60.6 cm³/mol. The van der Waals surface area contributed by atoms with Crippen LogP contribution in [0.25, 0.3) is 0 Å². The van der Waals surface area contributed by atoms with Crippen molar-refractivity contribution >= 4 is 6.03 Å². The first kappa shape index (κ1) is 11.1. The maximum atomic E-state index is 11.6. The Hall–Kier alpha value is -2.37. The Morgan fingerprint density at radius 1 is 1.53 bits per heavy atom. The first-order chi connectivity index (χ1) is 8.29. The molecule has 0 spiro atoms. The third-order valence-electron chi connectivity index (χ3n) is 2.19. The van der Waals surface area contributed by atoms with Gasteiger partial charge in [0.2, 0.25) is 5.88 Å². The second-order valence-electron chi connectivity index (χ2n) is 3.34. The van der Waals surface area contributed by atoms with E-state index in [9.17, 15) is 4.79 Å². The van der Waals surface area contributed by atoms with Crippen LogP contribution >= 0.6 is 0 Å². The summed E-state index contributed by atoms with van der Waals surface area (Å²) >= 11 is 0. The Balaban J connectivity index is 1.95. The average molecular weight is 232 g/mol. The molecular weight excluding hydrogens is 220 g/mol. The quantitative estimate of drug-likeness (QED) is 0.858. The number of hydrogen-bond acceptors (Lipinski definition) is 4. The molecule has 6 heteroatoms. The number of carbonyl (C=O) groups is 1. The standard InChI is InChI=1S/C11H12N4O2/c1-17-10-6-9(2-3-13-10)7-14-11(16)15-5-4-12-8-15/h2-6,8H,7H2,1H3,(H,14,16). The number of rotatable bonds is 3. The number of pyridine rings is 1. The highest BCUT2D eigenvalue weighted by Crippen LogP contribution is 2.07. The Bertz CT molecular complexity index is 496. The van der Waals surface area contributed by atoms with Gasteiger partial charge in [-0.25, -0.2) is 14.8 Å². The Labute approximate surface area is 98.3 Å². The molecule has 2 heterocycles. The van der Waals surface area contributed by atoms with Crippen molar-refractivity contribution in [1.29, 1.82) is 0 Å². The first-order valence-corrected chi connectivity index (χ1v) is 5.04. The normalized spacial score (nSPS) is 9.94. The Kier molecular flexibility index (Phi) is 3.34. The monoisotopic (exact) mass is 232 g/mol. The lowest BCUT2D eigenvalue weighted by Gasteiger charge is -2.06. The van der Waals surface area contributed by atoms with Crippen LogP contribution in [0.1, 0.15) is 5.56 Å². The maximum absolute atomic E-state index is 11.6. The lowest BCUT2D eigenvalue weighted by Crippen LogP contribution is -2.27. The van der Waals surface area contributed by atoms with Crippen LogP contribution in [0.5, 0.6) is 5.88 Å². The van der Waals surface area contributed by atoms with Crippen molar-refractivity contribution in [2.24, 2.45) is 0 Å². The van der Waals surface area contributed by atoms with Gasteiger partial charge in [-0.2, -0.15) is 0 Å². The fraction of sp³-hybridized carbons (Fsp3) is 0.182. The molecular formula is C11H12N4O2. The first-order valence-electron chi connectivity index (χ1n) is 5.04. The molecule has 2 rings (SSSR count). The summed E-state index contributed by atoms with van der Waals surface area (Å²) in [6, 6.07) is 3.36. The second-order valence-corrected chi connectivity index (χ2v) is 3.34. The van der Waals surface area contributed by atoms with Crippen molar-refractivity contribution in [2.75, 3.05) is 7.11 Å². The van der Waals surface area contributed by atoms with Crippen LogP contribution in [-0.2, 0) is 6.54 Å². The van der Waals surface area contributed by atoms with Crippen molar-refractivity contribution < 1.29 is 9.53 Å². The number of nitrogens with one attached hydrogen (secondary N) is 1. The van der Waals surface area contributed by atoms with Gasteiger partial charge >= 0.3 is 6.03 Å². The third kappa shape index (κ3) is 2.81. The van der Waals surface area contributed by atoms with Gasteiger partial charge in [0.1, 0.15) is 6.33 Å². The average Bonchev–Trinajstić information content (AvgIpc) is 2.90. The van der Waals surface area contributed by atoms with Crippen LogP contribution < -0.4 is 10.1 Å². The highest BCUT2D eigenvalue weighted by molar-refractivity contribution is 5.76. The molecule has 17 heavy (non-hydrogen) atoms. The van der Waals surface area contributed by atoms with Gasteiger partial charge in [0.15, 0.2) is 0 Å². The van der Waals surface area contributed by atoms with Gasteiger partial charge in [-0.05, 0) is 11.6 Å². The molecule has 0 radical (unpaired) electrons. The molecule has 0 saturated carbocycles. The van der Waals surface area contributed by atoms with E-state index in [0.717, 1.165) is 5.56 Å². The molecule has 0 aliphatic heterocycles. The summed E-state index contributed by atoms with van der Waals surface area (Å²) in [6.07, 6.45) is 6.22. The Morgan fingerprint density at radius 3 is 3.12 bits per heavy atom. The molecule has 0 aliphatic carbocycles. The molecule has 1 amide bonds. The van der Waals surface area contributed by atoms with Gasteiger partial charge in [0, 0.05) is 31.2 Å². The highest BCUT2D eigenvalue weighted by Gasteiger charge is 2.03. The molecule has 0 saturated heterocycles. The molecule has 1 N–H and O–H groups in total. The lowest BCUT2D eigenvalue weighted by molar-refractivity contribution is 0.242. The SMILES string of the molecule is COc1cc(CNC(=O)n2ccnc2)ccn1. The van der Waals surface area contributed by atoms with E-state index in [1.54, 1.807) is 31.8 Å². The zero-order valence-corrected chi connectivity index (χ0v) is 9.33. The molecule has 2 aromatic heterocycles. The largest absolute Gasteiger partial charge is 0.481 e. The number of amides is 1. The van der Waals surface area contributed by atoms with Crippen molar-refractivity contribution in [1.82, 2.24) is 19.9 Å². The summed E-state index contributed by atoms with van der Waals surface area (Å²) in [5, 5.41) is 2.75. The van der Waals surface area contributed by atoms with Gasteiger partial charge < -0.3 is 10.1 Å². The molecule has 0 bridgehead atoms. The molecule has 0 atom stereocenters. The van der Waals surface area contributed by atoms with Crippen LogP contribution in [0.2, 0.25) is 0 Å². The molecule has 6 nitrogen and oxygen atoms in total. The van der Waals surface area contributed by atoms with Gasteiger partial charge in [-0.15, -0.1) is 0 Å². The fourth-order valence-electron chi connectivity index (χ4n) is 1.32. The third-order valence-corrected chi connectivity index (χ3v) is 2.19. The number of hydrogen-bond donors (Lipinski definition) is 1. The number of carbonyl (C=O) groups excluding carboxylic acids is 1. The fourth-order valence-corrected chi connectivity index (χ4v) is 1.32. The zero-order chi connectivity index (χ0) is 12.1. The summed E-state index contributed by atoms with van der Waals surface area (Å²) in [7, 11) is 1.55. The molecule has 0 aliphatic rings. The van der Waals surface area contributed by atoms with E-state index in [-0.39, 0.29) is 6.03 Å². The zero-order valence-electron chi connectivity index (χ0n) is 9.33. The van der Waals surface area contributed by atoms with E-state index >= 15 is 0 Å². The minimum Gasteiger partial charge on any atom is -0.481 e. The van der Waals surface area contributed by atoms with E-state index in [2.05, 4.69) is 15.3 Å². The highest BCUT2D eigenvalue weighted by atomic mass is 16.5. The second kappa shape index (κ2) is 5.11. The van der Waals surface area contributed by atoms with Crippen LogP contribution in [0, 0.1) is 0 Å². The molecule has 0 unspecified atom stereocenters. The van der Waals surface area contributed by atoms with Crippen molar-refractivity contribution in [3.8, 4) is 5.88 Å². The summed E-state index contributed by atoms with van der Waals surface area (Å²) in [4.78, 5) is 19.4. The summed E-state index contributed by atoms with van der Waals surface area (Å²) in [5.41, 5.74) is 0.922. The van der Waals surface area contributed by atoms with Crippen LogP contribution in [0.3, 0.4) is 0 Å². The van der Waals surface area contributed by atoms with Crippen molar-refractivity contribution in [3.05, 3.63) is 42.6 Å². The topological polar surface area (TPSA) is 69.0 Å². The smallest absolute Gasteiger partial charge is 0.327 e. The van der Waals surface area contributed by atoms with Crippen molar-refractivity contribution in [3.63, 3.8) is 0 Å². The lowest BCUT2D eigenvalue weighted by atomic mass is 10.2. The van der Waals surface area contributed by atoms with Gasteiger partial charge in [-0.1, -0.05) is 0 Å². The minimum atomic E-state index is -0.224. The number of ether oxygens (including phenoxy) is 1. The summed E-state index contributed by atoms with van der Waals surface area (Å²) < 4.78 is 6.37. The molecule has 0 fully saturated rings. The van der Waals surface area contributed by atoms with Crippen LogP contribution in [-0.4, -0.2) is 27.7 Å². The summed E-state index contributed by atoms with van der Waals surface area (Å²) in [6.45, 7) is 0.413. The molecule has 2 aromatic rings. The maximum Gasteiger partial charge on any atom is 0.327 e. The molecule has 88 valence electrons. The Morgan fingerprint density at radius 2 is 2.41 bits per heavy atom. The van der Waals surface area contributed by atoms with Crippen LogP contribution in [0.15, 0.2) is 37.1 Å². The minimum absolute atomic E-state index is 0.224. The van der Waals surface area contributed by atoms with Gasteiger partial charge in [0.05, 0.1) is 7.11 Å². The van der Waals surface area contributed by atoms with Crippen LogP contribution in [0.4, 0.5) is 4.79 Å². The van der Waals surface area contributed by atoms with E-state index < -0.39 is 0 Å².